The molecule has 0 bridgehead atoms. The van der Waals surface area contributed by atoms with E-state index in [0.29, 0.717) is 42.8 Å². The van der Waals surface area contributed by atoms with Gasteiger partial charge < -0.3 is 14.6 Å². The Morgan fingerprint density at radius 3 is 2.14 bits per heavy atom. The molecule has 0 amide bonds. The van der Waals surface area contributed by atoms with E-state index in [9.17, 15) is 5.11 Å². The van der Waals surface area contributed by atoms with E-state index in [1.807, 2.05) is 67.7 Å². The number of nitrogens with zero attached hydrogens (tertiary/aromatic N) is 3. The number of aryl methyl sites for hydroxylation is 1. The molecular formula is C31H37N3O3. The third kappa shape index (κ3) is 7.00. The number of para-hydroxylation sites is 2. The van der Waals surface area contributed by atoms with Gasteiger partial charge in [-0.3, -0.25) is 4.90 Å². The predicted molar refractivity (Wildman–Crippen MR) is 148 cm³/mol. The van der Waals surface area contributed by atoms with Crippen LogP contribution in [-0.4, -0.2) is 46.1 Å². The molecule has 3 aromatic carbocycles. The van der Waals surface area contributed by atoms with E-state index in [2.05, 4.69) is 43.0 Å². The first-order chi connectivity index (χ1) is 17.9. The van der Waals surface area contributed by atoms with Crippen LogP contribution in [0.5, 0.6) is 17.4 Å². The van der Waals surface area contributed by atoms with Crippen molar-refractivity contribution in [2.75, 3.05) is 20.2 Å². The van der Waals surface area contributed by atoms with Crippen LogP contribution in [0.25, 0.3) is 11.3 Å². The number of ether oxygens (including phenoxy) is 2. The predicted octanol–water partition coefficient (Wildman–Crippen LogP) is 5.95. The largest absolute Gasteiger partial charge is 0.493 e. The number of methoxy groups -OCH3 is 1. The van der Waals surface area contributed by atoms with Gasteiger partial charge >= 0.3 is 0 Å². The lowest BCUT2D eigenvalue weighted by Crippen LogP contribution is -2.35. The van der Waals surface area contributed by atoms with E-state index in [1.54, 1.807) is 11.8 Å². The molecule has 1 atom stereocenters. The lowest BCUT2D eigenvalue weighted by atomic mass is 10.0. The summed E-state index contributed by atoms with van der Waals surface area (Å²) in [6.07, 6.45) is 0.120. The van der Waals surface area contributed by atoms with Gasteiger partial charge in [-0.2, -0.15) is 5.10 Å². The van der Waals surface area contributed by atoms with Crippen molar-refractivity contribution >= 4 is 0 Å². The van der Waals surface area contributed by atoms with Gasteiger partial charge in [-0.25, -0.2) is 4.68 Å². The molecule has 0 spiro atoms. The smallest absolute Gasteiger partial charge is 0.222 e. The molecule has 1 heterocycles. The van der Waals surface area contributed by atoms with E-state index in [1.165, 1.54) is 0 Å². The van der Waals surface area contributed by atoms with Crippen molar-refractivity contribution in [3.8, 4) is 28.6 Å². The van der Waals surface area contributed by atoms with Gasteiger partial charge in [0, 0.05) is 32.2 Å². The summed E-state index contributed by atoms with van der Waals surface area (Å²) < 4.78 is 13.8. The highest BCUT2D eigenvalue weighted by atomic mass is 16.5. The highest BCUT2D eigenvalue weighted by molar-refractivity contribution is 5.66. The minimum atomic E-state index is -0.489. The van der Waals surface area contributed by atoms with Crippen molar-refractivity contribution < 1.29 is 14.6 Å². The van der Waals surface area contributed by atoms with Gasteiger partial charge in [0.15, 0.2) is 11.5 Å². The summed E-state index contributed by atoms with van der Waals surface area (Å²) in [5.41, 5.74) is 4.01. The average molecular weight is 500 g/mol. The van der Waals surface area contributed by atoms with Crippen LogP contribution < -0.4 is 9.47 Å². The maximum Gasteiger partial charge on any atom is 0.222 e. The summed E-state index contributed by atoms with van der Waals surface area (Å²) in [6, 6.07) is 27.9. The molecule has 194 valence electrons. The molecule has 6 nitrogen and oxygen atoms in total. The lowest BCUT2D eigenvalue weighted by Gasteiger charge is -2.27. The standard InChI is InChI=1S/C31H37N3O3/c1-23(2)20-34(21-26(35)19-24-13-7-5-8-14-24)22-27-30(25-15-9-6-10-16-25)32-33(3)31(27)37-29-18-12-11-17-28(29)36-4/h5-18,23,26,35H,19-22H2,1-4H3. The van der Waals surface area contributed by atoms with Gasteiger partial charge in [-0.1, -0.05) is 86.6 Å². The monoisotopic (exact) mass is 499 g/mol. The highest BCUT2D eigenvalue weighted by Gasteiger charge is 2.24. The Morgan fingerprint density at radius 2 is 1.49 bits per heavy atom. The van der Waals surface area contributed by atoms with Gasteiger partial charge in [-0.15, -0.1) is 0 Å². The van der Waals surface area contributed by atoms with Crippen molar-refractivity contribution in [2.24, 2.45) is 13.0 Å². The Bertz CT molecular complexity index is 1260. The van der Waals surface area contributed by atoms with Gasteiger partial charge in [-0.05, 0) is 30.0 Å². The molecule has 1 unspecified atom stereocenters. The molecule has 37 heavy (non-hydrogen) atoms. The Labute approximate surface area is 220 Å². The van der Waals surface area contributed by atoms with Gasteiger partial charge in [0.05, 0.1) is 18.8 Å². The Balaban J connectivity index is 1.68. The lowest BCUT2D eigenvalue weighted by molar-refractivity contribution is 0.101. The maximum atomic E-state index is 11.0. The molecule has 0 aliphatic rings. The molecule has 0 fully saturated rings. The minimum Gasteiger partial charge on any atom is -0.493 e. The van der Waals surface area contributed by atoms with Crippen LogP contribution in [0.2, 0.25) is 0 Å². The average Bonchev–Trinajstić information content (AvgIpc) is 3.19. The Morgan fingerprint density at radius 1 is 0.865 bits per heavy atom. The summed E-state index contributed by atoms with van der Waals surface area (Å²) in [5.74, 6) is 2.38. The fourth-order valence-corrected chi connectivity index (χ4v) is 4.65. The summed E-state index contributed by atoms with van der Waals surface area (Å²) in [6.45, 7) is 6.37. The molecule has 0 aliphatic heterocycles. The molecule has 1 N–H and O–H groups in total. The summed E-state index contributed by atoms with van der Waals surface area (Å²) in [5, 5.41) is 15.9. The topological polar surface area (TPSA) is 59.8 Å². The minimum absolute atomic E-state index is 0.430. The molecule has 6 heteroatoms. The number of hydrogen-bond acceptors (Lipinski definition) is 5. The van der Waals surface area contributed by atoms with Crippen LogP contribution in [0.4, 0.5) is 0 Å². The summed E-state index contributed by atoms with van der Waals surface area (Å²) >= 11 is 0. The van der Waals surface area contributed by atoms with Crippen LogP contribution in [-0.2, 0) is 20.0 Å². The number of hydrogen-bond donors (Lipinski definition) is 1. The van der Waals surface area contributed by atoms with Gasteiger partial charge in [0.25, 0.3) is 0 Å². The summed E-state index contributed by atoms with van der Waals surface area (Å²) in [4.78, 5) is 2.30. The van der Waals surface area contributed by atoms with Crippen molar-refractivity contribution in [1.29, 1.82) is 0 Å². The Hall–Kier alpha value is -3.61. The molecule has 0 aliphatic carbocycles. The number of benzene rings is 3. The molecule has 4 aromatic rings. The van der Waals surface area contributed by atoms with E-state index in [0.717, 1.165) is 28.9 Å². The van der Waals surface area contributed by atoms with Crippen LogP contribution in [0, 0.1) is 5.92 Å². The fourth-order valence-electron chi connectivity index (χ4n) is 4.65. The van der Waals surface area contributed by atoms with Crippen LogP contribution >= 0.6 is 0 Å². The Kier molecular flexibility index (Phi) is 8.99. The first-order valence-electron chi connectivity index (χ1n) is 12.8. The maximum absolute atomic E-state index is 11.0. The SMILES string of the molecule is COc1ccccc1Oc1c(CN(CC(C)C)CC(O)Cc2ccccc2)c(-c2ccccc2)nn1C. The van der Waals surface area contributed by atoms with Gasteiger partial charge in [0.1, 0.15) is 5.69 Å². The highest BCUT2D eigenvalue weighted by Crippen LogP contribution is 2.37. The number of aliphatic hydroxyl groups excluding tert-OH is 1. The van der Waals surface area contributed by atoms with E-state index in [-0.39, 0.29) is 0 Å². The molecule has 0 saturated carbocycles. The normalized spacial score (nSPS) is 12.2. The number of aliphatic hydroxyl groups is 1. The molecule has 0 saturated heterocycles. The zero-order valence-corrected chi connectivity index (χ0v) is 22.2. The van der Waals surface area contributed by atoms with E-state index in [4.69, 9.17) is 14.6 Å². The third-order valence-electron chi connectivity index (χ3n) is 6.20. The molecule has 0 radical (unpaired) electrons. The first-order valence-corrected chi connectivity index (χ1v) is 12.8. The van der Waals surface area contributed by atoms with E-state index >= 15 is 0 Å². The van der Waals surface area contributed by atoms with Crippen molar-refractivity contribution in [3.63, 3.8) is 0 Å². The van der Waals surface area contributed by atoms with E-state index < -0.39 is 6.10 Å². The van der Waals surface area contributed by atoms with Crippen LogP contribution in [0.3, 0.4) is 0 Å². The van der Waals surface area contributed by atoms with Crippen molar-refractivity contribution in [1.82, 2.24) is 14.7 Å². The zero-order chi connectivity index (χ0) is 26.2. The van der Waals surface area contributed by atoms with Crippen LogP contribution in [0.15, 0.2) is 84.9 Å². The zero-order valence-electron chi connectivity index (χ0n) is 22.2. The first kappa shape index (κ1) is 26.5. The van der Waals surface area contributed by atoms with Crippen molar-refractivity contribution in [2.45, 2.75) is 32.9 Å². The quantitative estimate of drug-likeness (QED) is 0.261. The second kappa shape index (κ2) is 12.6. The summed E-state index contributed by atoms with van der Waals surface area (Å²) in [7, 11) is 3.54. The van der Waals surface area contributed by atoms with Crippen molar-refractivity contribution in [3.05, 3.63) is 96.1 Å². The van der Waals surface area contributed by atoms with Crippen LogP contribution in [0.1, 0.15) is 25.0 Å². The number of rotatable bonds is 12. The molecule has 4 rings (SSSR count). The molecule has 1 aromatic heterocycles. The number of aromatic nitrogens is 2. The second-order valence-electron chi connectivity index (χ2n) is 9.81. The fraction of sp³-hybridized carbons (Fsp3) is 0.323. The molecular weight excluding hydrogens is 462 g/mol. The van der Waals surface area contributed by atoms with Gasteiger partial charge in [0.2, 0.25) is 5.88 Å². The third-order valence-corrected chi connectivity index (χ3v) is 6.20. The second-order valence-corrected chi connectivity index (χ2v) is 9.81.